The van der Waals surface area contributed by atoms with Crippen molar-refractivity contribution in [3.8, 4) is 0 Å². The molecule has 0 aromatic heterocycles. The van der Waals surface area contributed by atoms with Crippen LogP contribution < -0.4 is 0 Å². The smallest absolute Gasteiger partial charge is 0.234 e. The molecule has 0 spiro atoms. The molecule has 0 aromatic rings. The Morgan fingerprint density at radius 3 is 2.92 bits per heavy atom. The highest BCUT2D eigenvalue weighted by Crippen LogP contribution is 2.41. The third-order valence-corrected chi connectivity index (χ3v) is 6.36. The van der Waals surface area contributed by atoms with Crippen molar-refractivity contribution >= 4 is 16.1 Å². The fourth-order valence-corrected chi connectivity index (χ4v) is 4.74. The molecular formula is C21H27NO2Si. The molecule has 4 heteroatoms. The highest BCUT2D eigenvalue weighted by molar-refractivity contribution is 6.13. The Labute approximate surface area is 153 Å². The van der Waals surface area contributed by atoms with Crippen molar-refractivity contribution in [2.75, 3.05) is 13.7 Å². The van der Waals surface area contributed by atoms with Gasteiger partial charge in [0, 0.05) is 35.5 Å². The zero-order valence-electron chi connectivity index (χ0n) is 15.4. The first-order valence-electron chi connectivity index (χ1n) is 9.45. The van der Waals surface area contributed by atoms with Crippen LogP contribution in [0.3, 0.4) is 0 Å². The molecule has 4 rings (SSSR count). The van der Waals surface area contributed by atoms with Gasteiger partial charge in [-0.2, -0.15) is 0 Å². The molecule has 0 saturated heterocycles. The van der Waals surface area contributed by atoms with Crippen molar-refractivity contribution in [2.24, 2.45) is 17.8 Å². The number of carbonyl (C=O) groups excluding carboxylic acids is 1. The van der Waals surface area contributed by atoms with Crippen LogP contribution in [-0.2, 0) is 9.53 Å². The van der Waals surface area contributed by atoms with Gasteiger partial charge in [-0.25, -0.2) is 0 Å². The lowest BCUT2D eigenvalue weighted by molar-refractivity contribution is -0.132. The van der Waals surface area contributed by atoms with E-state index in [1.165, 1.54) is 24.0 Å². The maximum atomic E-state index is 12.7. The van der Waals surface area contributed by atoms with E-state index in [-0.39, 0.29) is 17.7 Å². The molecule has 1 amide bonds. The van der Waals surface area contributed by atoms with Gasteiger partial charge in [0.05, 0.1) is 18.3 Å². The number of rotatable bonds is 4. The molecule has 25 heavy (non-hydrogen) atoms. The molecule has 0 aromatic carbocycles. The third kappa shape index (κ3) is 3.32. The van der Waals surface area contributed by atoms with Gasteiger partial charge in [-0.05, 0) is 47.4 Å². The molecule has 132 valence electrons. The molecule has 1 heterocycles. The van der Waals surface area contributed by atoms with Crippen molar-refractivity contribution in [2.45, 2.75) is 31.7 Å². The normalized spacial score (nSPS) is 31.8. The van der Waals surface area contributed by atoms with Crippen LogP contribution in [0.1, 0.15) is 26.2 Å². The second-order valence-corrected chi connectivity index (χ2v) is 9.49. The molecule has 3 aliphatic carbocycles. The van der Waals surface area contributed by atoms with E-state index in [9.17, 15) is 4.79 Å². The average molecular weight is 354 g/mol. The summed E-state index contributed by atoms with van der Waals surface area (Å²) >= 11 is 0. The standard InChI is InChI=1S/C21H27NO2Si/c1-13-4-3-5-18-19(11-22(2)21(23)20(13)18)15-8-16(10-17(25)9-15)24-12-14-6-7-14/h3-5,8-9,11,13-14,17,20H,6-7,10,12H2,1-2,25H3. The lowest BCUT2D eigenvalue weighted by Gasteiger charge is -2.36. The van der Waals surface area contributed by atoms with Crippen molar-refractivity contribution < 1.29 is 9.53 Å². The highest BCUT2D eigenvalue weighted by Gasteiger charge is 2.37. The lowest BCUT2D eigenvalue weighted by Crippen LogP contribution is -2.39. The van der Waals surface area contributed by atoms with Crippen molar-refractivity contribution in [3.63, 3.8) is 0 Å². The molecule has 1 saturated carbocycles. The highest BCUT2D eigenvalue weighted by atomic mass is 28.1. The third-order valence-electron chi connectivity index (χ3n) is 5.61. The van der Waals surface area contributed by atoms with Crippen LogP contribution in [0.5, 0.6) is 0 Å². The van der Waals surface area contributed by atoms with E-state index in [0.717, 1.165) is 40.5 Å². The van der Waals surface area contributed by atoms with Crippen molar-refractivity contribution in [1.82, 2.24) is 4.90 Å². The maximum Gasteiger partial charge on any atom is 0.234 e. The van der Waals surface area contributed by atoms with E-state index in [2.05, 4.69) is 37.3 Å². The van der Waals surface area contributed by atoms with Gasteiger partial charge in [0.25, 0.3) is 0 Å². The van der Waals surface area contributed by atoms with Gasteiger partial charge in [-0.15, -0.1) is 0 Å². The van der Waals surface area contributed by atoms with Crippen molar-refractivity contribution in [1.29, 1.82) is 0 Å². The summed E-state index contributed by atoms with van der Waals surface area (Å²) in [5.74, 6) is 2.27. The monoisotopic (exact) mass is 353 g/mol. The van der Waals surface area contributed by atoms with E-state index in [4.69, 9.17) is 4.74 Å². The van der Waals surface area contributed by atoms with E-state index in [0.29, 0.717) is 5.54 Å². The summed E-state index contributed by atoms with van der Waals surface area (Å²) in [7, 11) is 2.99. The van der Waals surface area contributed by atoms with Gasteiger partial charge < -0.3 is 9.64 Å². The van der Waals surface area contributed by atoms with Crippen LogP contribution >= 0.6 is 0 Å². The Hall–Kier alpha value is -1.81. The van der Waals surface area contributed by atoms with E-state index in [1.807, 2.05) is 13.2 Å². The minimum absolute atomic E-state index is 0.0605. The Morgan fingerprint density at radius 2 is 2.16 bits per heavy atom. The van der Waals surface area contributed by atoms with Crippen molar-refractivity contribution in [3.05, 3.63) is 59.1 Å². The molecule has 1 fully saturated rings. The summed E-state index contributed by atoms with van der Waals surface area (Å²) in [5.41, 5.74) is 4.18. The fraction of sp³-hybridized carbons (Fsp3) is 0.476. The summed E-state index contributed by atoms with van der Waals surface area (Å²) < 4.78 is 6.10. The lowest BCUT2D eigenvalue weighted by atomic mass is 9.75. The summed E-state index contributed by atoms with van der Waals surface area (Å²) in [5, 5.41) is 0. The zero-order valence-corrected chi connectivity index (χ0v) is 17.4. The Bertz CT molecular complexity index is 739. The van der Waals surface area contributed by atoms with E-state index in [1.54, 1.807) is 4.90 Å². The first kappa shape index (κ1) is 16.6. The predicted molar refractivity (Wildman–Crippen MR) is 104 cm³/mol. The van der Waals surface area contributed by atoms with Crippen LogP contribution in [0.25, 0.3) is 0 Å². The summed E-state index contributed by atoms with van der Waals surface area (Å²) in [6, 6.07) is 0. The number of amides is 1. The number of nitrogens with zero attached hydrogens (tertiary/aromatic N) is 1. The van der Waals surface area contributed by atoms with Gasteiger partial charge in [-0.3, -0.25) is 4.79 Å². The summed E-state index contributed by atoms with van der Waals surface area (Å²) in [6.07, 6.45) is 16.6. The van der Waals surface area contributed by atoms with Crippen LogP contribution in [0.4, 0.5) is 0 Å². The number of fused-ring (bicyclic) bond motifs is 1. The van der Waals surface area contributed by atoms with Crippen LogP contribution in [0.15, 0.2) is 59.1 Å². The summed E-state index contributed by atoms with van der Waals surface area (Å²) in [6.45, 7) is 3.00. The minimum Gasteiger partial charge on any atom is -0.498 e. The predicted octanol–water partition coefficient (Wildman–Crippen LogP) is 2.89. The second-order valence-electron chi connectivity index (χ2n) is 8.00. The SMILES string of the molecule is CC1C=CC=C2C(C3=CC([SiH3])CC(OCC4CC4)=C3)=CN(C)C(=O)C21. The quantitative estimate of drug-likeness (QED) is 0.728. The first-order chi connectivity index (χ1) is 12.0. The number of hydrogen-bond acceptors (Lipinski definition) is 2. The number of hydrogen-bond donors (Lipinski definition) is 0. The van der Waals surface area contributed by atoms with Gasteiger partial charge in [0.15, 0.2) is 0 Å². The molecular weight excluding hydrogens is 326 g/mol. The zero-order chi connectivity index (χ0) is 17.6. The Morgan fingerprint density at radius 1 is 1.36 bits per heavy atom. The molecule has 0 bridgehead atoms. The topological polar surface area (TPSA) is 29.5 Å². The Balaban J connectivity index is 1.66. The second kappa shape index (κ2) is 6.49. The van der Waals surface area contributed by atoms with Crippen LogP contribution in [0, 0.1) is 17.8 Å². The summed E-state index contributed by atoms with van der Waals surface area (Å²) in [4.78, 5) is 14.4. The molecule has 0 radical (unpaired) electrons. The number of ether oxygens (including phenoxy) is 1. The first-order valence-corrected chi connectivity index (χ1v) is 10.6. The van der Waals surface area contributed by atoms with E-state index >= 15 is 0 Å². The maximum absolute atomic E-state index is 12.7. The molecule has 3 unspecified atom stereocenters. The van der Waals surface area contributed by atoms with Crippen LogP contribution in [-0.4, -0.2) is 34.7 Å². The van der Waals surface area contributed by atoms with E-state index < -0.39 is 0 Å². The molecule has 3 atom stereocenters. The van der Waals surface area contributed by atoms with Gasteiger partial charge >= 0.3 is 0 Å². The molecule has 0 N–H and O–H groups in total. The Kier molecular flexibility index (Phi) is 4.32. The largest absolute Gasteiger partial charge is 0.498 e. The molecule has 3 nitrogen and oxygen atoms in total. The fourth-order valence-electron chi connectivity index (χ4n) is 3.98. The molecule has 1 aliphatic heterocycles. The van der Waals surface area contributed by atoms with Crippen LogP contribution in [0.2, 0.25) is 5.54 Å². The average Bonchev–Trinajstić information content (AvgIpc) is 3.40. The van der Waals surface area contributed by atoms with Gasteiger partial charge in [-0.1, -0.05) is 31.2 Å². The van der Waals surface area contributed by atoms with Gasteiger partial charge in [0.1, 0.15) is 0 Å². The number of allylic oxidation sites excluding steroid dienone is 8. The molecule has 4 aliphatic rings. The van der Waals surface area contributed by atoms with Gasteiger partial charge in [0.2, 0.25) is 5.91 Å². The number of carbonyl (C=O) groups is 1. The minimum atomic E-state index is -0.0605.